The van der Waals surface area contributed by atoms with Crippen molar-refractivity contribution >= 4 is 11.6 Å². The van der Waals surface area contributed by atoms with Gasteiger partial charge in [-0.25, -0.2) is 0 Å². The van der Waals surface area contributed by atoms with Gasteiger partial charge in [-0.2, -0.15) is 0 Å². The summed E-state index contributed by atoms with van der Waals surface area (Å²) >= 11 is 0. The first-order valence-electron chi connectivity index (χ1n) is 8.58. The highest BCUT2D eigenvalue weighted by Gasteiger charge is 2.08. The van der Waals surface area contributed by atoms with Gasteiger partial charge in [-0.3, -0.25) is 4.79 Å². The first kappa shape index (κ1) is 19.0. The Morgan fingerprint density at radius 2 is 1.88 bits per heavy atom. The summed E-state index contributed by atoms with van der Waals surface area (Å²) in [6, 6.07) is 17.5. The van der Waals surface area contributed by atoms with E-state index in [1.54, 1.807) is 0 Å². The molecule has 2 aromatic rings. The van der Waals surface area contributed by atoms with Crippen molar-refractivity contribution in [2.45, 2.75) is 19.9 Å². The number of nitrogens with one attached hydrogen (secondary N) is 2. The Bertz CT molecular complexity index is 646. The molecular formula is C20H26N2O3. The molecular weight excluding hydrogens is 316 g/mol. The molecule has 0 radical (unpaired) electrons. The van der Waals surface area contributed by atoms with Crippen LogP contribution in [-0.2, 0) is 9.53 Å². The fourth-order valence-electron chi connectivity index (χ4n) is 2.34. The van der Waals surface area contributed by atoms with Crippen molar-refractivity contribution in [2.75, 3.05) is 31.7 Å². The first-order valence-corrected chi connectivity index (χ1v) is 8.58. The third kappa shape index (κ3) is 6.95. The molecule has 0 saturated heterocycles. The standard InChI is InChI=1S/C20H26N2O3/c1-3-24-12-13-25-19-11-7-10-18(14-19)22-20(23)15-21-16(2)17-8-5-4-6-9-17/h4-11,14,16,21H,3,12-13,15H2,1-2H3,(H,22,23). The molecule has 0 saturated carbocycles. The lowest BCUT2D eigenvalue weighted by Gasteiger charge is -2.14. The summed E-state index contributed by atoms with van der Waals surface area (Å²) in [5, 5.41) is 6.10. The Hall–Kier alpha value is -2.37. The monoisotopic (exact) mass is 342 g/mol. The van der Waals surface area contributed by atoms with Crippen molar-refractivity contribution in [1.29, 1.82) is 0 Å². The predicted molar refractivity (Wildman–Crippen MR) is 99.9 cm³/mol. The van der Waals surface area contributed by atoms with E-state index in [4.69, 9.17) is 9.47 Å². The van der Waals surface area contributed by atoms with Crippen LogP contribution in [0.2, 0.25) is 0 Å². The Labute approximate surface area is 149 Å². The average Bonchev–Trinajstić information content (AvgIpc) is 2.64. The third-order valence-electron chi connectivity index (χ3n) is 3.69. The highest BCUT2D eigenvalue weighted by molar-refractivity contribution is 5.92. The lowest BCUT2D eigenvalue weighted by atomic mass is 10.1. The minimum Gasteiger partial charge on any atom is -0.491 e. The average molecular weight is 342 g/mol. The van der Waals surface area contributed by atoms with Gasteiger partial charge in [-0.05, 0) is 31.5 Å². The SMILES string of the molecule is CCOCCOc1cccc(NC(=O)CNC(C)c2ccccc2)c1. The van der Waals surface area contributed by atoms with E-state index in [2.05, 4.69) is 10.6 Å². The number of anilines is 1. The summed E-state index contributed by atoms with van der Waals surface area (Å²) in [6.45, 7) is 5.94. The maximum absolute atomic E-state index is 12.1. The number of amides is 1. The van der Waals surface area contributed by atoms with Crippen LogP contribution in [0.25, 0.3) is 0 Å². The van der Waals surface area contributed by atoms with Gasteiger partial charge in [0.15, 0.2) is 0 Å². The molecule has 0 aromatic heterocycles. The van der Waals surface area contributed by atoms with E-state index in [0.717, 1.165) is 5.56 Å². The maximum Gasteiger partial charge on any atom is 0.238 e. The van der Waals surface area contributed by atoms with Gasteiger partial charge < -0.3 is 20.1 Å². The van der Waals surface area contributed by atoms with Crippen LogP contribution in [-0.4, -0.2) is 32.3 Å². The zero-order valence-corrected chi connectivity index (χ0v) is 14.8. The van der Waals surface area contributed by atoms with Gasteiger partial charge in [0.25, 0.3) is 0 Å². The Kier molecular flexibility index (Phi) is 7.95. The number of benzene rings is 2. The van der Waals surface area contributed by atoms with E-state index in [9.17, 15) is 4.79 Å². The molecule has 2 N–H and O–H groups in total. The molecule has 1 unspecified atom stereocenters. The molecule has 25 heavy (non-hydrogen) atoms. The second kappa shape index (κ2) is 10.5. The third-order valence-corrected chi connectivity index (χ3v) is 3.69. The molecule has 0 aliphatic carbocycles. The zero-order valence-electron chi connectivity index (χ0n) is 14.8. The van der Waals surface area contributed by atoms with Crippen LogP contribution in [0.1, 0.15) is 25.5 Å². The molecule has 0 heterocycles. The van der Waals surface area contributed by atoms with Gasteiger partial charge in [0.2, 0.25) is 5.91 Å². The van der Waals surface area contributed by atoms with Gasteiger partial charge in [-0.15, -0.1) is 0 Å². The quantitative estimate of drug-likeness (QED) is 0.650. The second-order valence-electron chi connectivity index (χ2n) is 5.63. The summed E-state index contributed by atoms with van der Waals surface area (Å²) in [5.74, 6) is 0.623. The maximum atomic E-state index is 12.1. The Balaban J connectivity index is 1.78. The van der Waals surface area contributed by atoms with Crippen molar-refractivity contribution < 1.29 is 14.3 Å². The van der Waals surface area contributed by atoms with E-state index >= 15 is 0 Å². The summed E-state index contributed by atoms with van der Waals surface area (Å²) in [7, 11) is 0. The molecule has 0 aliphatic heterocycles. The van der Waals surface area contributed by atoms with Crippen LogP contribution in [0.15, 0.2) is 54.6 Å². The molecule has 1 amide bonds. The molecule has 0 fully saturated rings. The van der Waals surface area contributed by atoms with Crippen molar-refractivity contribution in [3.05, 3.63) is 60.2 Å². The minimum atomic E-state index is -0.0887. The van der Waals surface area contributed by atoms with Crippen LogP contribution in [0, 0.1) is 0 Å². The molecule has 5 heteroatoms. The van der Waals surface area contributed by atoms with Gasteiger partial charge in [0.05, 0.1) is 13.2 Å². The number of carbonyl (C=O) groups is 1. The molecule has 0 spiro atoms. The van der Waals surface area contributed by atoms with Crippen molar-refractivity contribution in [3.8, 4) is 5.75 Å². The van der Waals surface area contributed by atoms with Gasteiger partial charge in [-0.1, -0.05) is 36.4 Å². The van der Waals surface area contributed by atoms with Crippen molar-refractivity contribution in [3.63, 3.8) is 0 Å². The number of hydrogen-bond donors (Lipinski definition) is 2. The van der Waals surface area contributed by atoms with E-state index < -0.39 is 0 Å². The number of hydrogen-bond acceptors (Lipinski definition) is 4. The summed E-state index contributed by atoms with van der Waals surface area (Å²) in [6.07, 6.45) is 0. The number of ether oxygens (including phenoxy) is 2. The molecule has 0 bridgehead atoms. The van der Waals surface area contributed by atoms with Gasteiger partial charge in [0.1, 0.15) is 12.4 Å². The fourth-order valence-corrected chi connectivity index (χ4v) is 2.34. The lowest BCUT2D eigenvalue weighted by Crippen LogP contribution is -2.30. The predicted octanol–water partition coefficient (Wildman–Crippen LogP) is 3.39. The Morgan fingerprint density at radius 3 is 2.64 bits per heavy atom. The van der Waals surface area contributed by atoms with Gasteiger partial charge >= 0.3 is 0 Å². The molecule has 2 rings (SSSR count). The second-order valence-corrected chi connectivity index (χ2v) is 5.63. The van der Waals surface area contributed by atoms with Crippen LogP contribution in [0.3, 0.4) is 0 Å². The van der Waals surface area contributed by atoms with E-state index in [-0.39, 0.29) is 18.5 Å². The van der Waals surface area contributed by atoms with Crippen molar-refractivity contribution in [1.82, 2.24) is 5.32 Å². The number of carbonyl (C=O) groups excluding carboxylic acids is 1. The number of rotatable bonds is 10. The van der Waals surface area contributed by atoms with Gasteiger partial charge in [0, 0.05) is 24.4 Å². The van der Waals surface area contributed by atoms with Crippen LogP contribution in [0.5, 0.6) is 5.75 Å². The minimum absolute atomic E-state index is 0.0887. The topological polar surface area (TPSA) is 59.6 Å². The molecule has 5 nitrogen and oxygen atoms in total. The largest absolute Gasteiger partial charge is 0.491 e. The lowest BCUT2D eigenvalue weighted by molar-refractivity contribution is -0.115. The molecule has 2 aromatic carbocycles. The highest BCUT2D eigenvalue weighted by Crippen LogP contribution is 2.17. The van der Waals surface area contributed by atoms with E-state index in [1.165, 1.54) is 0 Å². The summed E-state index contributed by atoms with van der Waals surface area (Å²) < 4.78 is 10.8. The highest BCUT2D eigenvalue weighted by atomic mass is 16.5. The van der Waals surface area contributed by atoms with Crippen LogP contribution >= 0.6 is 0 Å². The van der Waals surface area contributed by atoms with Crippen LogP contribution < -0.4 is 15.4 Å². The van der Waals surface area contributed by atoms with Crippen molar-refractivity contribution in [2.24, 2.45) is 0 Å². The fraction of sp³-hybridized carbons (Fsp3) is 0.350. The van der Waals surface area contributed by atoms with Crippen LogP contribution in [0.4, 0.5) is 5.69 Å². The van der Waals surface area contributed by atoms with E-state index in [1.807, 2.05) is 68.4 Å². The summed E-state index contributed by atoms with van der Waals surface area (Å²) in [5.41, 5.74) is 1.87. The first-order chi connectivity index (χ1) is 12.2. The van der Waals surface area contributed by atoms with E-state index in [0.29, 0.717) is 31.3 Å². The zero-order chi connectivity index (χ0) is 17.9. The normalized spacial score (nSPS) is 11.8. The smallest absolute Gasteiger partial charge is 0.238 e. The Morgan fingerprint density at radius 1 is 1.08 bits per heavy atom. The molecule has 1 atom stereocenters. The molecule has 0 aliphatic rings. The molecule has 134 valence electrons. The summed E-state index contributed by atoms with van der Waals surface area (Å²) in [4.78, 5) is 12.1.